The Hall–Kier alpha value is -2.34. The SMILES string of the molecule is Cc1cc(C)cc(OCC(=O)OCC(=O)Nc2ccc(Br)cc2C)c1. The predicted octanol–water partition coefficient (Wildman–Crippen LogP) is 3.94. The van der Waals surface area contributed by atoms with Gasteiger partial charge in [-0.15, -0.1) is 0 Å². The van der Waals surface area contributed by atoms with Crippen LogP contribution in [-0.2, 0) is 14.3 Å². The predicted molar refractivity (Wildman–Crippen MR) is 99.9 cm³/mol. The van der Waals surface area contributed by atoms with Crippen molar-refractivity contribution in [2.75, 3.05) is 18.5 Å². The molecule has 1 N–H and O–H groups in total. The minimum Gasteiger partial charge on any atom is -0.482 e. The third kappa shape index (κ3) is 6.23. The molecule has 0 spiro atoms. The highest BCUT2D eigenvalue weighted by molar-refractivity contribution is 9.10. The van der Waals surface area contributed by atoms with Crippen molar-refractivity contribution in [3.05, 3.63) is 57.6 Å². The molecule has 0 bridgehead atoms. The molecule has 0 aromatic heterocycles. The molecule has 5 nitrogen and oxygen atoms in total. The molecule has 0 saturated heterocycles. The largest absolute Gasteiger partial charge is 0.482 e. The van der Waals surface area contributed by atoms with Gasteiger partial charge in [0.05, 0.1) is 0 Å². The van der Waals surface area contributed by atoms with Gasteiger partial charge in [0.15, 0.2) is 13.2 Å². The van der Waals surface area contributed by atoms with Crippen molar-refractivity contribution in [1.29, 1.82) is 0 Å². The second-order valence-electron chi connectivity index (χ2n) is 5.78. The number of hydrogen-bond donors (Lipinski definition) is 1. The molecule has 1 amide bonds. The maximum atomic E-state index is 11.9. The van der Waals surface area contributed by atoms with E-state index in [2.05, 4.69) is 21.2 Å². The minimum atomic E-state index is -0.596. The van der Waals surface area contributed by atoms with Crippen LogP contribution in [0.4, 0.5) is 5.69 Å². The van der Waals surface area contributed by atoms with E-state index in [-0.39, 0.29) is 13.2 Å². The van der Waals surface area contributed by atoms with Crippen LogP contribution in [0, 0.1) is 20.8 Å². The standard InChI is InChI=1S/C19H20BrNO4/c1-12-6-13(2)8-16(7-12)24-11-19(23)25-10-18(22)21-17-5-4-15(20)9-14(17)3/h4-9H,10-11H2,1-3H3,(H,21,22). The number of carbonyl (C=O) groups is 2. The number of benzene rings is 2. The number of ether oxygens (including phenoxy) is 2. The van der Waals surface area contributed by atoms with Gasteiger partial charge in [-0.2, -0.15) is 0 Å². The fourth-order valence-corrected chi connectivity index (χ4v) is 2.78. The molecule has 0 unspecified atom stereocenters. The summed E-state index contributed by atoms with van der Waals surface area (Å²) in [5.41, 5.74) is 3.68. The van der Waals surface area contributed by atoms with Gasteiger partial charge in [-0.25, -0.2) is 4.79 Å². The van der Waals surface area contributed by atoms with Crippen LogP contribution in [-0.4, -0.2) is 25.1 Å². The normalized spacial score (nSPS) is 10.2. The van der Waals surface area contributed by atoms with Gasteiger partial charge < -0.3 is 14.8 Å². The monoisotopic (exact) mass is 405 g/mol. The number of halogens is 1. The van der Waals surface area contributed by atoms with Gasteiger partial charge in [0, 0.05) is 10.2 Å². The van der Waals surface area contributed by atoms with E-state index in [1.54, 1.807) is 6.07 Å². The van der Waals surface area contributed by atoms with Crippen LogP contribution in [0.25, 0.3) is 0 Å². The molecular weight excluding hydrogens is 386 g/mol. The maximum Gasteiger partial charge on any atom is 0.344 e. The molecule has 0 aliphatic heterocycles. The van der Waals surface area contributed by atoms with Crippen LogP contribution < -0.4 is 10.1 Å². The molecule has 0 saturated carbocycles. The number of rotatable bonds is 6. The highest BCUT2D eigenvalue weighted by atomic mass is 79.9. The summed E-state index contributed by atoms with van der Waals surface area (Å²) in [6, 6.07) is 11.2. The topological polar surface area (TPSA) is 64.6 Å². The van der Waals surface area contributed by atoms with Gasteiger partial charge >= 0.3 is 5.97 Å². The van der Waals surface area contributed by atoms with Crippen LogP contribution in [0.15, 0.2) is 40.9 Å². The molecule has 0 heterocycles. The van der Waals surface area contributed by atoms with E-state index in [1.165, 1.54) is 0 Å². The lowest BCUT2D eigenvalue weighted by atomic mass is 10.1. The van der Waals surface area contributed by atoms with Crippen molar-refractivity contribution in [1.82, 2.24) is 0 Å². The van der Waals surface area contributed by atoms with Crippen LogP contribution in [0.2, 0.25) is 0 Å². The molecule has 0 fully saturated rings. The van der Waals surface area contributed by atoms with E-state index in [0.717, 1.165) is 21.2 Å². The molecule has 2 aromatic rings. The Bertz CT molecular complexity index is 769. The molecule has 0 aliphatic rings. The molecule has 6 heteroatoms. The number of anilines is 1. The molecule has 2 aromatic carbocycles. The Morgan fingerprint density at radius 1 is 1.00 bits per heavy atom. The number of hydrogen-bond acceptors (Lipinski definition) is 4. The third-order valence-corrected chi connectivity index (χ3v) is 3.87. The Morgan fingerprint density at radius 2 is 1.68 bits per heavy atom. The summed E-state index contributed by atoms with van der Waals surface area (Å²) in [6.07, 6.45) is 0. The van der Waals surface area contributed by atoms with Gasteiger partial charge in [-0.1, -0.05) is 22.0 Å². The van der Waals surface area contributed by atoms with Crippen molar-refractivity contribution >= 4 is 33.5 Å². The summed E-state index contributed by atoms with van der Waals surface area (Å²) in [5.74, 6) is -0.392. The Balaban J connectivity index is 1.78. The van der Waals surface area contributed by atoms with Crippen LogP contribution in [0.1, 0.15) is 16.7 Å². The lowest BCUT2D eigenvalue weighted by Crippen LogP contribution is -2.24. The first-order chi connectivity index (χ1) is 11.8. The first-order valence-electron chi connectivity index (χ1n) is 7.76. The Labute approximate surface area is 155 Å². The number of carbonyl (C=O) groups excluding carboxylic acids is 2. The Morgan fingerprint density at radius 3 is 2.32 bits per heavy atom. The van der Waals surface area contributed by atoms with Crippen molar-refractivity contribution in [3.63, 3.8) is 0 Å². The van der Waals surface area contributed by atoms with Gasteiger partial charge in [0.25, 0.3) is 5.91 Å². The van der Waals surface area contributed by atoms with E-state index in [1.807, 2.05) is 51.1 Å². The van der Waals surface area contributed by atoms with E-state index in [9.17, 15) is 9.59 Å². The molecule has 0 atom stereocenters. The van der Waals surface area contributed by atoms with E-state index >= 15 is 0 Å². The van der Waals surface area contributed by atoms with E-state index < -0.39 is 11.9 Å². The van der Waals surface area contributed by atoms with Gasteiger partial charge in [0.2, 0.25) is 0 Å². The third-order valence-electron chi connectivity index (χ3n) is 3.38. The van der Waals surface area contributed by atoms with Crippen LogP contribution in [0.3, 0.4) is 0 Å². The highest BCUT2D eigenvalue weighted by Crippen LogP contribution is 2.20. The quantitative estimate of drug-likeness (QED) is 0.739. The summed E-state index contributed by atoms with van der Waals surface area (Å²) in [7, 11) is 0. The zero-order valence-electron chi connectivity index (χ0n) is 14.4. The number of aryl methyl sites for hydroxylation is 3. The van der Waals surface area contributed by atoms with Crippen molar-refractivity contribution in [2.24, 2.45) is 0 Å². The Kier molecular flexibility index (Phi) is 6.58. The highest BCUT2D eigenvalue weighted by Gasteiger charge is 2.10. The molecule has 25 heavy (non-hydrogen) atoms. The van der Waals surface area contributed by atoms with E-state index in [0.29, 0.717) is 11.4 Å². The molecule has 0 aliphatic carbocycles. The van der Waals surface area contributed by atoms with Crippen LogP contribution >= 0.6 is 15.9 Å². The molecule has 132 valence electrons. The molecular formula is C19H20BrNO4. The van der Waals surface area contributed by atoms with Crippen molar-refractivity contribution in [2.45, 2.75) is 20.8 Å². The fraction of sp³-hybridized carbons (Fsp3) is 0.263. The van der Waals surface area contributed by atoms with Crippen molar-refractivity contribution < 1.29 is 19.1 Å². The number of esters is 1. The van der Waals surface area contributed by atoms with Gasteiger partial charge in [-0.05, 0) is 67.8 Å². The maximum absolute atomic E-state index is 11.9. The van der Waals surface area contributed by atoms with Gasteiger partial charge in [-0.3, -0.25) is 4.79 Å². The zero-order chi connectivity index (χ0) is 18.4. The fourth-order valence-electron chi connectivity index (χ4n) is 2.30. The average Bonchev–Trinajstić information content (AvgIpc) is 2.53. The number of amides is 1. The van der Waals surface area contributed by atoms with E-state index in [4.69, 9.17) is 9.47 Å². The lowest BCUT2D eigenvalue weighted by Gasteiger charge is -2.10. The zero-order valence-corrected chi connectivity index (χ0v) is 16.0. The second-order valence-corrected chi connectivity index (χ2v) is 6.70. The summed E-state index contributed by atoms with van der Waals surface area (Å²) in [5, 5.41) is 2.70. The first kappa shape index (κ1) is 19.0. The summed E-state index contributed by atoms with van der Waals surface area (Å²) in [6.45, 7) is 5.18. The molecule has 2 rings (SSSR count). The second kappa shape index (κ2) is 8.67. The first-order valence-corrected chi connectivity index (χ1v) is 8.55. The summed E-state index contributed by atoms with van der Waals surface area (Å²) in [4.78, 5) is 23.6. The van der Waals surface area contributed by atoms with Crippen molar-refractivity contribution in [3.8, 4) is 5.75 Å². The lowest BCUT2D eigenvalue weighted by molar-refractivity contribution is -0.149. The summed E-state index contributed by atoms with van der Waals surface area (Å²) >= 11 is 3.36. The van der Waals surface area contributed by atoms with Crippen LogP contribution in [0.5, 0.6) is 5.75 Å². The van der Waals surface area contributed by atoms with Gasteiger partial charge in [0.1, 0.15) is 5.75 Å². The average molecular weight is 406 g/mol. The molecule has 0 radical (unpaired) electrons. The summed E-state index contributed by atoms with van der Waals surface area (Å²) < 4.78 is 11.3. The minimum absolute atomic E-state index is 0.243. The smallest absolute Gasteiger partial charge is 0.344 e. The number of nitrogens with one attached hydrogen (secondary N) is 1.